The summed E-state index contributed by atoms with van der Waals surface area (Å²) in [5.41, 5.74) is 0.960. The summed E-state index contributed by atoms with van der Waals surface area (Å²) >= 11 is 0. The van der Waals surface area contributed by atoms with Crippen molar-refractivity contribution in [3.8, 4) is 0 Å². The minimum absolute atomic E-state index is 0.270. The first-order valence-electron chi connectivity index (χ1n) is 5.59. The normalized spacial score (nSPS) is 19.1. The number of amides is 1. The van der Waals surface area contributed by atoms with E-state index < -0.39 is 6.10 Å². The van der Waals surface area contributed by atoms with Gasteiger partial charge in [-0.3, -0.25) is 4.90 Å². The van der Waals surface area contributed by atoms with E-state index in [4.69, 9.17) is 4.74 Å². The van der Waals surface area contributed by atoms with Crippen molar-refractivity contribution in [1.29, 1.82) is 0 Å². The molecule has 1 heterocycles. The van der Waals surface area contributed by atoms with Crippen LogP contribution in [0.25, 0.3) is 0 Å². The highest BCUT2D eigenvalue weighted by Crippen LogP contribution is 2.09. The molecule has 0 radical (unpaired) electrons. The van der Waals surface area contributed by atoms with E-state index in [-0.39, 0.29) is 12.7 Å². The van der Waals surface area contributed by atoms with Crippen LogP contribution in [0, 0.1) is 0 Å². The molecule has 1 N–H and O–H groups in total. The number of nitrogens with zero attached hydrogens (tertiary/aromatic N) is 1. The number of hydrogen-bond acceptors (Lipinski definition) is 3. The number of carbonyl (C=O) groups is 1. The molecule has 1 aliphatic rings. The molecule has 0 unspecified atom stereocenters. The number of hydrogen-bond donors (Lipinski definition) is 1. The zero-order chi connectivity index (χ0) is 12.1. The minimum atomic E-state index is -0.451. The van der Waals surface area contributed by atoms with Crippen molar-refractivity contribution >= 4 is 6.09 Å². The van der Waals surface area contributed by atoms with Gasteiger partial charge in [-0.15, -0.1) is 0 Å². The lowest BCUT2D eigenvalue weighted by atomic mass is 10.2. The summed E-state index contributed by atoms with van der Waals surface area (Å²) in [5, 5.41) is 9.25. The third-order valence-electron chi connectivity index (χ3n) is 2.59. The Morgan fingerprint density at radius 2 is 2.18 bits per heavy atom. The summed E-state index contributed by atoms with van der Waals surface area (Å²) in [6.45, 7) is 0.762. The molecule has 0 spiro atoms. The lowest BCUT2D eigenvalue weighted by Gasteiger charge is -2.23. The van der Waals surface area contributed by atoms with Gasteiger partial charge in [0.2, 0.25) is 0 Å². The maximum absolute atomic E-state index is 11.6. The molecule has 0 saturated heterocycles. The fraction of sp³-hybridized carbons (Fsp3) is 0.308. The number of carbonyl (C=O) groups excluding carboxylic acids is 1. The van der Waals surface area contributed by atoms with Crippen molar-refractivity contribution < 1.29 is 14.6 Å². The second kappa shape index (κ2) is 5.50. The standard InChI is InChI=1S/C13H15NO3/c15-12-6-8-14(9-7-12)13(16)17-10-11-4-2-1-3-5-11/h1-6,8,12,15H,7,9-10H2/t12-/m1/s1. The van der Waals surface area contributed by atoms with E-state index in [1.807, 2.05) is 30.3 Å². The van der Waals surface area contributed by atoms with Crippen LogP contribution in [-0.2, 0) is 11.3 Å². The zero-order valence-electron chi connectivity index (χ0n) is 9.45. The fourth-order valence-electron chi connectivity index (χ4n) is 1.60. The van der Waals surface area contributed by atoms with Crippen LogP contribution in [0.5, 0.6) is 0 Å². The Morgan fingerprint density at radius 3 is 2.82 bits per heavy atom. The maximum atomic E-state index is 11.6. The van der Waals surface area contributed by atoms with Crippen molar-refractivity contribution in [2.24, 2.45) is 0 Å². The van der Waals surface area contributed by atoms with Crippen molar-refractivity contribution in [2.45, 2.75) is 19.1 Å². The lowest BCUT2D eigenvalue weighted by Crippen LogP contribution is -2.32. The summed E-state index contributed by atoms with van der Waals surface area (Å²) < 4.78 is 5.16. The molecule has 1 aliphatic heterocycles. The van der Waals surface area contributed by atoms with E-state index in [9.17, 15) is 9.90 Å². The Bertz CT molecular complexity index is 402. The topological polar surface area (TPSA) is 49.8 Å². The second-order valence-corrected chi connectivity index (χ2v) is 3.93. The summed E-state index contributed by atoms with van der Waals surface area (Å²) in [5.74, 6) is 0. The third-order valence-corrected chi connectivity index (χ3v) is 2.59. The van der Waals surface area contributed by atoms with Crippen molar-refractivity contribution in [2.75, 3.05) is 6.54 Å². The first-order chi connectivity index (χ1) is 8.25. The molecule has 1 aromatic carbocycles. The summed E-state index contributed by atoms with van der Waals surface area (Å²) in [6.07, 6.45) is 2.89. The van der Waals surface area contributed by atoms with Crippen molar-refractivity contribution in [1.82, 2.24) is 4.90 Å². The van der Waals surface area contributed by atoms with Crippen LogP contribution in [-0.4, -0.2) is 28.7 Å². The first-order valence-corrected chi connectivity index (χ1v) is 5.59. The van der Waals surface area contributed by atoms with Gasteiger partial charge in [0.15, 0.2) is 0 Å². The third kappa shape index (κ3) is 3.32. The van der Waals surface area contributed by atoms with Gasteiger partial charge >= 0.3 is 6.09 Å². The van der Waals surface area contributed by atoms with Gasteiger partial charge in [0, 0.05) is 12.7 Å². The monoisotopic (exact) mass is 233 g/mol. The predicted molar refractivity (Wildman–Crippen MR) is 63.1 cm³/mol. The minimum Gasteiger partial charge on any atom is -0.444 e. The van der Waals surface area contributed by atoms with E-state index in [1.165, 1.54) is 4.90 Å². The van der Waals surface area contributed by atoms with Crippen molar-refractivity contribution in [3.63, 3.8) is 0 Å². The van der Waals surface area contributed by atoms with Crippen molar-refractivity contribution in [3.05, 3.63) is 48.2 Å². The van der Waals surface area contributed by atoms with Crippen LogP contribution in [0.15, 0.2) is 42.6 Å². The average Bonchev–Trinajstić information content (AvgIpc) is 2.38. The average molecular weight is 233 g/mol. The van der Waals surface area contributed by atoms with Gasteiger partial charge in [-0.2, -0.15) is 0 Å². The number of rotatable bonds is 2. The number of ether oxygens (including phenoxy) is 1. The Balaban J connectivity index is 1.84. The Hall–Kier alpha value is -1.81. The van der Waals surface area contributed by atoms with Crippen LogP contribution < -0.4 is 0 Å². The first kappa shape index (κ1) is 11.7. The van der Waals surface area contributed by atoms with Crippen LogP contribution in [0.2, 0.25) is 0 Å². The van der Waals surface area contributed by atoms with E-state index in [0.717, 1.165) is 5.56 Å². The molecule has 1 amide bonds. The van der Waals surface area contributed by atoms with Gasteiger partial charge in [0.05, 0.1) is 6.10 Å². The molecule has 17 heavy (non-hydrogen) atoms. The van der Waals surface area contributed by atoms with Gasteiger partial charge in [0.1, 0.15) is 6.61 Å². The second-order valence-electron chi connectivity index (χ2n) is 3.93. The molecular weight excluding hydrogens is 218 g/mol. The molecular formula is C13H15NO3. The highest BCUT2D eigenvalue weighted by molar-refractivity contribution is 5.69. The summed E-state index contributed by atoms with van der Waals surface area (Å²) in [7, 11) is 0. The quantitative estimate of drug-likeness (QED) is 0.848. The van der Waals surface area contributed by atoms with Gasteiger partial charge in [-0.05, 0) is 18.1 Å². The molecule has 1 aromatic rings. The lowest BCUT2D eigenvalue weighted by molar-refractivity contribution is 0.100. The number of aliphatic hydroxyl groups excluding tert-OH is 1. The molecule has 4 nitrogen and oxygen atoms in total. The maximum Gasteiger partial charge on any atom is 0.414 e. The van der Waals surface area contributed by atoms with Crippen LogP contribution in [0.4, 0.5) is 4.79 Å². The summed E-state index contributed by atoms with van der Waals surface area (Å²) in [6, 6.07) is 9.53. The molecule has 0 bridgehead atoms. The van der Waals surface area contributed by atoms with Gasteiger partial charge in [-0.1, -0.05) is 30.3 Å². The molecule has 0 saturated carbocycles. The Morgan fingerprint density at radius 1 is 1.41 bits per heavy atom. The highest BCUT2D eigenvalue weighted by atomic mass is 16.6. The zero-order valence-corrected chi connectivity index (χ0v) is 9.45. The van der Waals surface area contributed by atoms with E-state index in [1.54, 1.807) is 12.3 Å². The SMILES string of the molecule is O=C(OCc1ccccc1)N1C=C[C@@H](O)CC1. The molecule has 0 aliphatic carbocycles. The predicted octanol–water partition coefficient (Wildman–Crippen LogP) is 1.90. The van der Waals surface area contributed by atoms with Gasteiger partial charge in [0.25, 0.3) is 0 Å². The van der Waals surface area contributed by atoms with Gasteiger partial charge in [-0.25, -0.2) is 4.79 Å². The smallest absolute Gasteiger partial charge is 0.414 e. The fourth-order valence-corrected chi connectivity index (χ4v) is 1.60. The largest absolute Gasteiger partial charge is 0.444 e. The van der Waals surface area contributed by atoms with Crippen LogP contribution in [0.3, 0.4) is 0 Å². The molecule has 4 heteroatoms. The number of aliphatic hydroxyl groups is 1. The van der Waals surface area contributed by atoms with Crippen LogP contribution in [0.1, 0.15) is 12.0 Å². The van der Waals surface area contributed by atoms with Gasteiger partial charge < -0.3 is 9.84 Å². The van der Waals surface area contributed by atoms with E-state index >= 15 is 0 Å². The van der Waals surface area contributed by atoms with E-state index in [2.05, 4.69) is 0 Å². The molecule has 0 aromatic heterocycles. The van der Waals surface area contributed by atoms with Crippen LogP contribution >= 0.6 is 0 Å². The molecule has 1 atom stereocenters. The molecule has 2 rings (SSSR count). The molecule has 0 fully saturated rings. The highest BCUT2D eigenvalue weighted by Gasteiger charge is 2.17. The number of benzene rings is 1. The Labute approximate surface area is 100 Å². The molecule has 90 valence electrons. The summed E-state index contributed by atoms with van der Waals surface area (Å²) in [4.78, 5) is 13.1. The Kier molecular flexibility index (Phi) is 3.77. The van der Waals surface area contributed by atoms with E-state index in [0.29, 0.717) is 13.0 Å².